The number of hydrogen-bond donors (Lipinski definition) is 0. The molecule has 1 fully saturated rings. The van der Waals surface area contributed by atoms with Gasteiger partial charge in [-0.1, -0.05) is 49.2 Å². The molecule has 152 valence electrons. The van der Waals surface area contributed by atoms with Crippen molar-refractivity contribution in [3.05, 3.63) is 52.0 Å². The third-order valence-electron chi connectivity index (χ3n) is 4.98. The quantitative estimate of drug-likeness (QED) is 0.676. The van der Waals surface area contributed by atoms with Crippen LogP contribution in [0.15, 0.2) is 41.3 Å². The first-order valence-electron chi connectivity index (χ1n) is 9.12. The third-order valence-corrected chi connectivity index (χ3v) is 7.71. The molecule has 0 aliphatic carbocycles. The third kappa shape index (κ3) is 4.10. The second kappa shape index (κ2) is 8.49. The molecule has 0 bridgehead atoms. The number of benzene rings is 2. The van der Waals surface area contributed by atoms with Crippen LogP contribution in [-0.4, -0.2) is 46.0 Å². The van der Waals surface area contributed by atoms with Gasteiger partial charge in [-0.3, -0.25) is 0 Å². The number of hydrogen-bond acceptors (Lipinski definition) is 4. The molecule has 5 nitrogen and oxygen atoms in total. The van der Waals surface area contributed by atoms with Crippen molar-refractivity contribution in [3.8, 4) is 5.75 Å². The Hall–Kier alpha value is -1.47. The van der Waals surface area contributed by atoms with Gasteiger partial charge in [-0.25, -0.2) is 8.42 Å². The van der Waals surface area contributed by atoms with Crippen LogP contribution in [0.1, 0.15) is 25.3 Å². The molecule has 1 saturated heterocycles. The van der Waals surface area contributed by atoms with E-state index < -0.39 is 10.0 Å². The molecule has 3 rings (SSSR count). The van der Waals surface area contributed by atoms with E-state index in [2.05, 4.69) is 4.90 Å². The van der Waals surface area contributed by atoms with Crippen LogP contribution in [0.2, 0.25) is 10.0 Å². The summed E-state index contributed by atoms with van der Waals surface area (Å²) in [7, 11) is -2.17. The van der Waals surface area contributed by atoms with E-state index >= 15 is 0 Å². The van der Waals surface area contributed by atoms with Crippen LogP contribution < -0.4 is 9.64 Å². The molecule has 28 heavy (non-hydrogen) atoms. The fourth-order valence-electron chi connectivity index (χ4n) is 3.30. The molecule has 2 aromatic carbocycles. The van der Waals surface area contributed by atoms with Crippen molar-refractivity contribution in [3.63, 3.8) is 0 Å². The van der Waals surface area contributed by atoms with Crippen molar-refractivity contribution in [2.75, 3.05) is 38.2 Å². The van der Waals surface area contributed by atoms with Crippen molar-refractivity contribution in [1.82, 2.24) is 4.31 Å². The second-order valence-electron chi connectivity index (χ2n) is 7.03. The molecule has 0 atom stereocenters. The van der Waals surface area contributed by atoms with Crippen LogP contribution in [0.5, 0.6) is 5.75 Å². The Kier molecular flexibility index (Phi) is 6.44. The fraction of sp³-hybridized carbons (Fsp3) is 0.400. The van der Waals surface area contributed by atoms with Gasteiger partial charge in [0.2, 0.25) is 10.0 Å². The lowest BCUT2D eigenvalue weighted by Gasteiger charge is -2.36. The number of piperazine rings is 1. The Labute approximate surface area is 176 Å². The van der Waals surface area contributed by atoms with Gasteiger partial charge in [0.1, 0.15) is 10.6 Å². The predicted molar refractivity (Wildman–Crippen MR) is 115 cm³/mol. The van der Waals surface area contributed by atoms with Crippen LogP contribution in [0.25, 0.3) is 0 Å². The highest BCUT2D eigenvalue weighted by atomic mass is 35.5. The molecule has 0 aromatic heterocycles. The Morgan fingerprint density at radius 3 is 2.32 bits per heavy atom. The minimum absolute atomic E-state index is 0.218. The summed E-state index contributed by atoms with van der Waals surface area (Å²) in [6.07, 6.45) is 0. The first-order chi connectivity index (χ1) is 13.3. The van der Waals surface area contributed by atoms with Crippen molar-refractivity contribution >= 4 is 38.9 Å². The molecular formula is C20H24Cl2N2O3S. The SMILES string of the molecule is COc1ccc(C(C)C)cc1S(=O)(=O)N1CCN(c2cccc(Cl)c2Cl)CC1. The van der Waals surface area contributed by atoms with E-state index in [4.69, 9.17) is 27.9 Å². The van der Waals surface area contributed by atoms with Crippen LogP contribution in [0.3, 0.4) is 0 Å². The van der Waals surface area contributed by atoms with Gasteiger partial charge in [-0.15, -0.1) is 0 Å². The van der Waals surface area contributed by atoms with Gasteiger partial charge in [0.05, 0.1) is 22.8 Å². The number of rotatable bonds is 5. The van der Waals surface area contributed by atoms with Crippen LogP contribution in [0, 0.1) is 0 Å². The molecule has 2 aromatic rings. The summed E-state index contributed by atoms with van der Waals surface area (Å²) in [5.41, 5.74) is 1.79. The smallest absolute Gasteiger partial charge is 0.246 e. The van der Waals surface area contributed by atoms with Crippen molar-refractivity contribution in [2.45, 2.75) is 24.7 Å². The second-order valence-corrected chi connectivity index (χ2v) is 9.72. The van der Waals surface area contributed by atoms with E-state index in [1.54, 1.807) is 18.2 Å². The number of halogens is 2. The fourth-order valence-corrected chi connectivity index (χ4v) is 5.33. The van der Waals surface area contributed by atoms with Gasteiger partial charge >= 0.3 is 0 Å². The standard InChI is InChI=1S/C20H24Cl2N2O3S/c1-14(2)15-7-8-18(27-3)19(13-15)28(25,26)24-11-9-23(10-12-24)17-6-4-5-16(21)20(17)22/h4-8,13-14H,9-12H2,1-3H3. The van der Waals surface area contributed by atoms with Crippen molar-refractivity contribution in [2.24, 2.45) is 0 Å². The minimum Gasteiger partial charge on any atom is -0.495 e. The topological polar surface area (TPSA) is 49.9 Å². The van der Waals surface area contributed by atoms with E-state index in [1.165, 1.54) is 11.4 Å². The zero-order valence-electron chi connectivity index (χ0n) is 16.2. The lowest BCUT2D eigenvalue weighted by molar-refractivity contribution is 0.374. The Morgan fingerprint density at radius 1 is 1.04 bits per heavy atom. The van der Waals surface area contributed by atoms with E-state index in [0.717, 1.165) is 11.3 Å². The van der Waals surface area contributed by atoms with E-state index in [-0.39, 0.29) is 10.8 Å². The number of nitrogens with zero attached hydrogens (tertiary/aromatic N) is 2. The Balaban J connectivity index is 1.84. The lowest BCUT2D eigenvalue weighted by atomic mass is 10.0. The summed E-state index contributed by atoms with van der Waals surface area (Å²) < 4.78 is 33.4. The van der Waals surface area contributed by atoms with E-state index in [1.807, 2.05) is 32.0 Å². The summed E-state index contributed by atoms with van der Waals surface area (Å²) in [6.45, 7) is 5.86. The number of ether oxygens (including phenoxy) is 1. The van der Waals surface area contributed by atoms with Gasteiger partial charge < -0.3 is 9.64 Å². The van der Waals surface area contributed by atoms with Gasteiger partial charge in [-0.2, -0.15) is 4.31 Å². The first-order valence-corrected chi connectivity index (χ1v) is 11.3. The summed E-state index contributed by atoms with van der Waals surface area (Å²) in [5, 5.41) is 0.983. The molecule has 8 heteroatoms. The molecule has 0 radical (unpaired) electrons. The summed E-state index contributed by atoms with van der Waals surface area (Å²) >= 11 is 12.4. The first kappa shape index (κ1) is 21.2. The summed E-state index contributed by atoms with van der Waals surface area (Å²) in [5.74, 6) is 0.589. The Morgan fingerprint density at radius 2 is 1.71 bits per heavy atom. The van der Waals surface area contributed by atoms with Gasteiger partial charge in [-0.05, 0) is 35.7 Å². The highest BCUT2D eigenvalue weighted by Crippen LogP contribution is 2.34. The van der Waals surface area contributed by atoms with Gasteiger partial charge in [0.25, 0.3) is 0 Å². The molecule has 0 N–H and O–H groups in total. The van der Waals surface area contributed by atoms with Crippen molar-refractivity contribution in [1.29, 1.82) is 0 Å². The maximum atomic E-state index is 13.3. The average molecular weight is 443 g/mol. The summed E-state index contributed by atoms with van der Waals surface area (Å²) in [6, 6.07) is 10.8. The zero-order chi connectivity index (χ0) is 20.5. The average Bonchev–Trinajstić information content (AvgIpc) is 2.69. The number of anilines is 1. The number of sulfonamides is 1. The van der Waals surface area contributed by atoms with Crippen LogP contribution in [-0.2, 0) is 10.0 Å². The summed E-state index contributed by atoms with van der Waals surface area (Å²) in [4.78, 5) is 2.28. The Bertz CT molecular complexity index is 956. The monoisotopic (exact) mass is 442 g/mol. The number of methoxy groups -OCH3 is 1. The lowest BCUT2D eigenvalue weighted by Crippen LogP contribution is -2.48. The van der Waals surface area contributed by atoms with Crippen LogP contribution in [0.4, 0.5) is 5.69 Å². The zero-order valence-corrected chi connectivity index (χ0v) is 18.5. The molecule has 0 unspecified atom stereocenters. The van der Waals surface area contributed by atoms with E-state index in [9.17, 15) is 8.42 Å². The molecule has 1 aliphatic heterocycles. The molecule has 1 heterocycles. The largest absolute Gasteiger partial charge is 0.495 e. The van der Waals surface area contributed by atoms with Crippen molar-refractivity contribution < 1.29 is 13.2 Å². The highest BCUT2D eigenvalue weighted by Gasteiger charge is 2.31. The predicted octanol–water partition coefficient (Wildman–Crippen LogP) is 4.64. The maximum Gasteiger partial charge on any atom is 0.246 e. The van der Waals surface area contributed by atoms with Gasteiger partial charge in [0, 0.05) is 26.2 Å². The molecule has 0 amide bonds. The highest BCUT2D eigenvalue weighted by molar-refractivity contribution is 7.89. The molecule has 0 saturated carbocycles. The molecular weight excluding hydrogens is 419 g/mol. The van der Waals surface area contributed by atoms with Gasteiger partial charge in [0.15, 0.2) is 0 Å². The maximum absolute atomic E-state index is 13.3. The minimum atomic E-state index is -3.66. The molecule has 0 spiro atoms. The molecule has 1 aliphatic rings. The normalized spacial score (nSPS) is 15.9. The van der Waals surface area contributed by atoms with E-state index in [0.29, 0.717) is 42.0 Å². The van der Waals surface area contributed by atoms with Crippen LogP contribution >= 0.6 is 23.2 Å².